The maximum Gasteiger partial charge on any atom is 0.254 e. The highest BCUT2D eigenvalue weighted by Crippen LogP contribution is 2.11. The summed E-state index contributed by atoms with van der Waals surface area (Å²) in [7, 11) is 0. The largest absolute Gasteiger partial charge is 0.352 e. The summed E-state index contributed by atoms with van der Waals surface area (Å²) in [5.41, 5.74) is 0.584. The van der Waals surface area contributed by atoms with Gasteiger partial charge in [0.25, 0.3) is 5.91 Å². The molecular weight excluding hydrogens is 294 g/mol. The molecule has 0 saturated heterocycles. The van der Waals surface area contributed by atoms with E-state index in [4.69, 9.17) is 0 Å². The molecule has 0 aromatic carbocycles. The summed E-state index contributed by atoms with van der Waals surface area (Å²) in [6.07, 6.45) is 2.62. The van der Waals surface area contributed by atoms with Crippen LogP contribution < -0.4 is 5.32 Å². The molecule has 0 aliphatic carbocycles. The minimum atomic E-state index is -0.0745. The van der Waals surface area contributed by atoms with Gasteiger partial charge in [0, 0.05) is 12.7 Å². The number of nitrogens with zero attached hydrogens (tertiary/aromatic N) is 2. The van der Waals surface area contributed by atoms with Crippen molar-refractivity contribution in [3.63, 3.8) is 0 Å². The van der Waals surface area contributed by atoms with Crippen LogP contribution in [0.1, 0.15) is 30.6 Å². The summed E-state index contributed by atoms with van der Waals surface area (Å²) in [6.45, 7) is 8.11. The van der Waals surface area contributed by atoms with E-state index in [2.05, 4.69) is 45.0 Å². The zero-order valence-corrected chi connectivity index (χ0v) is 12.5. The molecule has 0 aliphatic rings. The first-order valence-corrected chi connectivity index (χ1v) is 7.09. The Morgan fingerprint density at radius 1 is 1.44 bits per heavy atom. The van der Waals surface area contributed by atoms with Gasteiger partial charge >= 0.3 is 0 Å². The average molecular weight is 314 g/mol. The predicted octanol–water partition coefficient (Wildman–Crippen LogP) is 2.31. The van der Waals surface area contributed by atoms with E-state index in [1.54, 1.807) is 18.3 Å². The molecule has 18 heavy (non-hydrogen) atoms. The van der Waals surface area contributed by atoms with E-state index in [1.165, 1.54) is 0 Å². The summed E-state index contributed by atoms with van der Waals surface area (Å²) >= 11 is 3.27. The minimum absolute atomic E-state index is 0.0745. The lowest BCUT2D eigenvalue weighted by Gasteiger charge is -2.17. The molecule has 1 N–H and O–H groups in total. The first kappa shape index (κ1) is 15.1. The molecule has 100 valence electrons. The van der Waals surface area contributed by atoms with Crippen LogP contribution in [0.25, 0.3) is 0 Å². The highest BCUT2D eigenvalue weighted by atomic mass is 79.9. The lowest BCUT2D eigenvalue weighted by molar-refractivity contribution is 0.0950. The van der Waals surface area contributed by atoms with Crippen molar-refractivity contribution in [2.24, 2.45) is 0 Å². The van der Waals surface area contributed by atoms with Crippen molar-refractivity contribution in [3.8, 4) is 0 Å². The van der Waals surface area contributed by atoms with Crippen LogP contribution in [0, 0.1) is 0 Å². The molecule has 0 spiro atoms. The number of halogens is 1. The number of carbonyl (C=O) groups is 1. The van der Waals surface area contributed by atoms with E-state index in [0.29, 0.717) is 16.7 Å². The molecule has 1 aromatic heterocycles. The van der Waals surface area contributed by atoms with Gasteiger partial charge in [0.1, 0.15) is 4.60 Å². The van der Waals surface area contributed by atoms with E-state index in [9.17, 15) is 4.79 Å². The lowest BCUT2D eigenvalue weighted by Crippen LogP contribution is -2.30. The molecular formula is C13H20BrN3O. The Kier molecular flexibility index (Phi) is 6.90. The van der Waals surface area contributed by atoms with Crippen LogP contribution in [0.15, 0.2) is 22.9 Å². The Labute approximate surface area is 117 Å². The van der Waals surface area contributed by atoms with Crippen molar-refractivity contribution < 1.29 is 4.79 Å². The number of hydrogen-bond acceptors (Lipinski definition) is 3. The monoisotopic (exact) mass is 313 g/mol. The van der Waals surface area contributed by atoms with Gasteiger partial charge in [-0.15, -0.1) is 0 Å². The van der Waals surface area contributed by atoms with Gasteiger partial charge in [-0.3, -0.25) is 4.79 Å². The first-order valence-electron chi connectivity index (χ1n) is 6.30. The molecule has 0 bridgehead atoms. The highest BCUT2D eigenvalue weighted by Gasteiger charge is 2.09. The van der Waals surface area contributed by atoms with E-state index in [0.717, 1.165) is 26.1 Å². The quantitative estimate of drug-likeness (QED) is 0.620. The van der Waals surface area contributed by atoms with Crippen LogP contribution in [0.4, 0.5) is 0 Å². The molecule has 1 rings (SSSR count). The van der Waals surface area contributed by atoms with E-state index >= 15 is 0 Å². The maximum absolute atomic E-state index is 11.9. The molecule has 0 aliphatic heterocycles. The van der Waals surface area contributed by atoms with Crippen LogP contribution in [-0.4, -0.2) is 42.0 Å². The van der Waals surface area contributed by atoms with Crippen molar-refractivity contribution in [2.75, 3.05) is 26.2 Å². The molecule has 1 amide bonds. The summed E-state index contributed by atoms with van der Waals surface area (Å²) in [4.78, 5) is 18.2. The van der Waals surface area contributed by atoms with Gasteiger partial charge < -0.3 is 10.2 Å². The van der Waals surface area contributed by atoms with Crippen LogP contribution >= 0.6 is 15.9 Å². The topological polar surface area (TPSA) is 45.2 Å². The molecule has 0 atom stereocenters. The summed E-state index contributed by atoms with van der Waals surface area (Å²) in [5.74, 6) is -0.0745. The molecule has 0 unspecified atom stereocenters. The van der Waals surface area contributed by atoms with Crippen LogP contribution in [-0.2, 0) is 0 Å². The number of nitrogens with one attached hydrogen (secondary N) is 1. The van der Waals surface area contributed by atoms with Gasteiger partial charge in [0.05, 0.1) is 5.56 Å². The lowest BCUT2D eigenvalue weighted by atomic mass is 10.2. The first-order chi connectivity index (χ1) is 8.69. The van der Waals surface area contributed by atoms with Gasteiger partial charge in [-0.05, 0) is 54.1 Å². The maximum atomic E-state index is 11.9. The highest BCUT2D eigenvalue weighted by molar-refractivity contribution is 9.10. The molecule has 1 aromatic rings. The van der Waals surface area contributed by atoms with E-state index in [1.807, 2.05) is 0 Å². The van der Waals surface area contributed by atoms with Gasteiger partial charge in [-0.2, -0.15) is 0 Å². The molecule has 4 nitrogen and oxygen atoms in total. The predicted molar refractivity (Wildman–Crippen MR) is 76.7 cm³/mol. The fraction of sp³-hybridized carbons (Fsp3) is 0.538. The Morgan fingerprint density at radius 2 is 2.17 bits per heavy atom. The normalized spacial score (nSPS) is 10.7. The Hall–Kier alpha value is -0.940. The zero-order chi connectivity index (χ0) is 13.4. The number of amides is 1. The van der Waals surface area contributed by atoms with Crippen LogP contribution in [0.3, 0.4) is 0 Å². The number of pyridine rings is 1. The number of carbonyl (C=O) groups excluding carboxylic acids is 1. The molecule has 1 heterocycles. The van der Waals surface area contributed by atoms with Gasteiger partial charge in [-0.25, -0.2) is 4.98 Å². The van der Waals surface area contributed by atoms with Crippen molar-refractivity contribution in [2.45, 2.75) is 20.3 Å². The van der Waals surface area contributed by atoms with Crippen molar-refractivity contribution in [1.29, 1.82) is 0 Å². The summed E-state index contributed by atoms with van der Waals surface area (Å²) in [5, 5.41) is 2.91. The smallest absolute Gasteiger partial charge is 0.254 e. The Balaban J connectivity index is 2.32. The molecule has 5 heteroatoms. The molecule has 0 radical (unpaired) electrons. The third-order valence-electron chi connectivity index (χ3n) is 2.83. The molecule has 0 fully saturated rings. The third-order valence-corrected chi connectivity index (χ3v) is 3.47. The summed E-state index contributed by atoms with van der Waals surface area (Å²) in [6, 6.07) is 3.52. The van der Waals surface area contributed by atoms with Crippen molar-refractivity contribution >= 4 is 21.8 Å². The molecule has 0 saturated carbocycles. The standard InChI is InChI=1S/C13H20BrN3O/c1-3-17(4-2)10-6-9-16-13(18)11-7-5-8-15-12(11)14/h5,7-8H,3-4,6,9-10H2,1-2H3,(H,16,18). The Morgan fingerprint density at radius 3 is 2.78 bits per heavy atom. The Bertz CT molecular complexity index is 380. The average Bonchev–Trinajstić information content (AvgIpc) is 2.39. The van der Waals surface area contributed by atoms with Crippen molar-refractivity contribution in [3.05, 3.63) is 28.5 Å². The van der Waals surface area contributed by atoms with E-state index in [-0.39, 0.29) is 5.91 Å². The van der Waals surface area contributed by atoms with Crippen LogP contribution in [0.5, 0.6) is 0 Å². The van der Waals surface area contributed by atoms with Crippen molar-refractivity contribution in [1.82, 2.24) is 15.2 Å². The second-order valence-corrected chi connectivity index (χ2v) is 4.73. The number of aromatic nitrogens is 1. The second kappa shape index (κ2) is 8.21. The van der Waals surface area contributed by atoms with Crippen LogP contribution in [0.2, 0.25) is 0 Å². The summed E-state index contributed by atoms with van der Waals surface area (Å²) < 4.78 is 0.589. The number of rotatable bonds is 7. The fourth-order valence-corrected chi connectivity index (χ4v) is 2.13. The fourth-order valence-electron chi connectivity index (χ4n) is 1.70. The third kappa shape index (κ3) is 4.74. The SMILES string of the molecule is CCN(CC)CCCNC(=O)c1cccnc1Br. The van der Waals surface area contributed by atoms with Gasteiger partial charge in [-0.1, -0.05) is 13.8 Å². The van der Waals surface area contributed by atoms with Gasteiger partial charge in [0.15, 0.2) is 0 Å². The zero-order valence-electron chi connectivity index (χ0n) is 10.9. The minimum Gasteiger partial charge on any atom is -0.352 e. The van der Waals surface area contributed by atoms with E-state index < -0.39 is 0 Å². The number of hydrogen-bond donors (Lipinski definition) is 1. The second-order valence-electron chi connectivity index (χ2n) is 3.98. The van der Waals surface area contributed by atoms with Gasteiger partial charge in [0.2, 0.25) is 0 Å².